The molecule has 3 saturated heterocycles. The molecule has 1 aromatic rings. The molecule has 0 unspecified atom stereocenters. The minimum atomic E-state index is 0.386. The normalized spacial score (nSPS) is 30.0. The zero-order chi connectivity index (χ0) is 15.1. The zero-order valence-corrected chi connectivity index (χ0v) is 13.3. The molecule has 3 aliphatic rings. The number of piperazine rings is 1. The molecular weight excluding hydrogens is 276 g/mol. The molecule has 3 N–H and O–H groups in total. The zero-order valence-electron chi connectivity index (χ0n) is 13.3. The summed E-state index contributed by atoms with van der Waals surface area (Å²) in [7, 11) is 0. The Bertz CT molecular complexity index is 503. The Hall–Kier alpha value is -1.40. The standard InChI is InChI=1S/C16H26N6/c1-11-8-15(20-16(17)19-11)21-6-4-12(5-7-21)22-13-2-3-14(22)10-18-9-13/h8,12-14,18H,2-7,9-10H2,1H3,(H2,17,19,20)/t13-,14+. The number of nitrogens with zero attached hydrogens (tertiary/aromatic N) is 4. The van der Waals surface area contributed by atoms with Gasteiger partial charge >= 0.3 is 0 Å². The number of piperidine rings is 1. The second-order valence-electron chi connectivity index (χ2n) is 6.93. The fraction of sp³-hybridized carbons (Fsp3) is 0.750. The van der Waals surface area contributed by atoms with Gasteiger partial charge in [-0.2, -0.15) is 4.98 Å². The van der Waals surface area contributed by atoms with Crippen LogP contribution in [0.2, 0.25) is 0 Å². The van der Waals surface area contributed by atoms with E-state index in [1.54, 1.807) is 0 Å². The Kier molecular flexibility index (Phi) is 3.66. The van der Waals surface area contributed by atoms with Crippen molar-refractivity contribution in [3.05, 3.63) is 11.8 Å². The first-order valence-electron chi connectivity index (χ1n) is 8.55. The molecule has 2 atom stereocenters. The average molecular weight is 302 g/mol. The lowest BCUT2D eigenvalue weighted by molar-refractivity contribution is 0.0828. The Morgan fingerprint density at radius 2 is 1.73 bits per heavy atom. The first kappa shape index (κ1) is 14.2. The van der Waals surface area contributed by atoms with Gasteiger partial charge in [-0.15, -0.1) is 0 Å². The van der Waals surface area contributed by atoms with Gasteiger partial charge in [-0.25, -0.2) is 4.98 Å². The number of fused-ring (bicyclic) bond motifs is 2. The first-order chi connectivity index (χ1) is 10.7. The third-order valence-electron chi connectivity index (χ3n) is 5.50. The Labute approximate surface area is 132 Å². The highest BCUT2D eigenvalue weighted by atomic mass is 15.3. The van der Waals surface area contributed by atoms with Crippen LogP contribution in [-0.4, -0.2) is 59.2 Å². The Balaban J connectivity index is 1.42. The molecule has 4 rings (SSSR count). The molecule has 0 saturated carbocycles. The van der Waals surface area contributed by atoms with E-state index >= 15 is 0 Å². The number of hydrogen-bond donors (Lipinski definition) is 2. The van der Waals surface area contributed by atoms with Crippen LogP contribution in [0, 0.1) is 6.92 Å². The molecule has 3 fully saturated rings. The monoisotopic (exact) mass is 302 g/mol. The van der Waals surface area contributed by atoms with Crippen molar-refractivity contribution in [2.75, 3.05) is 36.8 Å². The third-order valence-corrected chi connectivity index (χ3v) is 5.50. The minimum Gasteiger partial charge on any atom is -0.368 e. The van der Waals surface area contributed by atoms with Gasteiger partial charge in [0.1, 0.15) is 5.82 Å². The second kappa shape index (κ2) is 5.66. The first-order valence-corrected chi connectivity index (χ1v) is 8.55. The number of hydrogen-bond acceptors (Lipinski definition) is 6. The molecule has 0 radical (unpaired) electrons. The summed E-state index contributed by atoms with van der Waals surface area (Å²) in [6.45, 7) is 6.48. The molecule has 2 bridgehead atoms. The second-order valence-corrected chi connectivity index (χ2v) is 6.93. The van der Waals surface area contributed by atoms with Gasteiger partial charge in [0.25, 0.3) is 0 Å². The van der Waals surface area contributed by atoms with E-state index in [1.807, 2.05) is 13.0 Å². The number of nitrogens with one attached hydrogen (secondary N) is 1. The van der Waals surface area contributed by atoms with Crippen LogP contribution in [0.4, 0.5) is 11.8 Å². The highest BCUT2D eigenvalue weighted by molar-refractivity contribution is 5.43. The summed E-state index contributed by atoms with van der Waals surface area (Å²) in [4.78, 5) is 13.8. The highest BCUT2D eigenvalue weighted by Gasteiger charge is 2.41. The molecule has 4 heterocycles. The largest absolute Gasteiger partial charge is 0.368 e. The predicted molar refractivity (Wildman–Crippen MR) is 87.9 cm³/mol. The number of aryl methyl sites for hydroxylation is 1. The molecule has 1 aromatic heterocycles. The van der Waals surface area contributed by atoms with E-state index in [0.717, 1.165) is 42.7 Å². The summed E-state index contributed by atoms with van der Waals surface area (Å²) in [5, 5.41) is 3.58. The molecular formula is C16H26N6. The number of nitrogens with two attached hydrogens (primary N) is 1. The van der Waals surface area contributed by atoms with Crippen LogP contribution >= 0.6 is 0 Å². The van der Waals surface area contributed by atoms with Crippen molar-refractivity contribution in [3.8, 4) is 0 Å². The number of aromatic nitrogens is 2. The van der Waals surface area contributed by atoms with Crippen molar-refractivity contribution in [2.24, 2.45) is 0 Å². The van der Waals surface area contributed by atoms with Crippen LogP contribution < -0.4 is 16.0 Å². The molecule has 120 valence electrons. The fourth-order valence-electron chi connectivity index (χ4n) is 4.54. The van der Waals surface area contributed by atoms with Crippen LogP contribution in [0.25, 0.3) is 0 Å². The lowest BCUT2D eigenvalue weighted by Gasteiger charge is -2.44. The third kappa shape index (κ3) is 2.54. The molecule has 0 spiro atoms. The van der Waals surface area contributed by atoms with Gasteiger partial charge in [0, 0.05) is 56.1 Å². The van der Waals surface area contributed by atoms with Gasteiger partial charge < -0.3 is 16.0 Å². The summed E-state index contributed by atoms with van der Waals surface area (Å²) < 4.78 is 0. The maximum absolute atomic E-state index is 5.79. The van der Waals surface area contributed by atoms with Crippen molar-refractivity contribution < 1.29 is 0 Å². The lowest BCUT2D eigenvalue weighted by Crippen LogP contribution is -2.58. The van der Waals surface area contributed by atoms with Gasteiger partial charge in [0.15, 0.2) is 0 Å². The van der Waals surface area contributed by atoms with Crippen LogP contribution in [0.1, 0.15) is 31.4 Å². The van der Waals surface area contributed by atoms with Crippen molar-refractivity contribution in [1.82, 2.24) is 20.2 Å². The topological polar surface area (TPSA) is 70.3 Å². The number of nitrogen functional groups attached to an aromatic ring is 1. The Morgan fingerprint density at radius 1 is 1.05 bits per heavy atom. The molecule has 0 aliphatic carbocycles. The van der Waals surface area contributed by atoms with E-state index in [9.17, 15) is 0 Å². The summed E-state index contributed by atoms with van der Waals surface area (Å²) in [6, 6.07) is 4.33. The van der Waals surface area contributed by atoms with Crippen LogP contribution in [0.3, 0.4) is 0 Å². The van der Waals surface area contributed by atoms with Gasteiger partial charge in [-0.05, 0) is 32.6 Å². The summed E-state index contributed by atoms with van der Waals surface area (Å²) in [5.74, 6) is 1.38. The van der Waals surface area contributed by atoms with Crippen molar-refractivity contribution in [3.63, 3.8) is 0 Å². The van der Waals surface area contributed by atoms with E-state index in [4.69, 9.17) is 5.73 Å². The fourth-order valence-corrected chi connectivity index (χ4v) is 4.54. The molecule has 0 amide bonds. The molecule has 0 aromatic carbocycles. The van der Waals surface area contributed by atoms with Gasteiger partial charge in [-0.1, -0.05) is 0 Å². The lowest BCUT2D eigenvalue weighted by atomic mass is 10.00. The number of anilines is 2. The number of rotatable bonds is 2. The van der Waals surface area contributed by atoms with Crippen molar-refractivity contribution in [2.45, 2.75) is 50.7 Å². The van der Waals surface area contributed by atoms with Crippen molar-refractivity contribution >= 4 is 11.8 Å². The molecule has 6 heteroatoms. The van der Waals surface area contributed by atoms with Gasteiger partial charge in [0.2, 0.25) is 5.95 Å². The Morgan fingerprint density at radius 3 is 2.36 bits per heavy atom. The molecule has 3 aliphatic heterocycles. The summed E-state index contributed by atoms with van der Waals surface area (Å²) >= 11 is 0. The van der Waals surface area contributed by atoms with E-state index in [1.165, 1.54) is 38.8 Å². The van der Waals surface area contributed by atoms with Gasteiger partial charge in [-0.3, -0.25) is 4.90 Å². The van der Waals surface area contributed by atoms with Crippen LogP contribution in [0.5, 0.6) is 0 Å². The van der Waals surface area contributed by atoms with Crippen LogP contribution in [-0.2, 0) is 0 Å². The van der Waals surface area contributed by atoms with E-state index in [0.29, 0.717) is 5.95 Å². The minimum absolute atomic E-state index is 0.386. The van der Waals surface area contributed by atoms with E-state index < -0.39 is 0 Å². The molecule has 22 heavy (non-hydrogen) atoms. The average Bonchev–Trinajstić information content (AvgIpc) is 2.75. The van der Waals surface area contributed by atoms with Gasteiger partial charge in [0.05, 0.1) is 0 Å². The maximum Gasteiger partial charge on any atom is 0.222 e. The van der Waals surface area contributed by atoms with E-state index in [2.05, 4.69) is 25.1 Å². The highest BCUT2D eigenvalue weighted by Crippen LogP contribution is 2.33. The summed E-state index contributed by atoms with van der Waals surface area (Å²) in [6.07, 6.45) is 5.21. The molecule has 6 nitrogen and oxygen atoms in total. The predicted octanol–water partition coefficient (Wildman–Crippen LogP) is 0.772. The maximum atomic E-state index is 5.79. The summed E-state index contributed by atoms with van der Waals surface area (Å²) in [5.41, 5.74) is 6.74. The quantitative estimate of drug-likeness (QED) is 0.841. The SMILES string of the molecule is Cc1cc(N2CCC(N3[C@@H]4CC[C@H]3CNC4)CC2)nc(N)n1. The van der Waals surface area contributed by atoms with Crippen molar-refractivity contribution in [1.29, 1.82) is 0 Å². The van der Waals surface area contributed by atoms with E-state index in [-0.39, 0.29) is 0 Å². The van der Waals surface area contributed by atoms with Crippen LogP contribution in [0.15, 0.2) is 6.07 Å². The smallest absolute Gasteiger partial charge is 0.222 e.